The number of ether oxygens (including phenoxy) is 4. The Kier molecular flexibility index (Phi) is 35.1. The topological polar surface area (TPSA) is 228 Å². The number of amides is 1. The largest absolute Gasteiger partial charge is 0.394 e. The second kappa shape index (κ2) is 38.3. The number of carbonyl (C=O) groups is 1. The van der Waals surface area contributed by atoms with Gasteiger partial charge in [-0.1, -0.05) is 186 Å². The molecule has 0 aromatic rings. The standard InChI is InChI=1S/C51H95NO13/c1-3-5-7-9-10-11-12-13-14-15-16-17-18-19-20-21-22-23-24-25-26-27-28-29-30-31-32-34-40(55)39(52-43(56)35-33-8-6-4-2)38-62-50-48(61)46(59)49(42(37-54)64-50)65-51-47(60)45(58)44(57)41(36-53)63-51/h28-29,32,34,39-42,44-51,53-55,57-61H,3-27,30-31,33,35-38H2,1-2H3,(H,52,56)/b29-28+,34-32+. The Morgan fingerprint density at radius 1 is 0.538 bits per heavy atom. The number of rotatable bonds is 40. The van der Waals surface area contributed by atoms with Crippen molar-refractivity contribution in [1.82, 2.24) is 5.32 Å². The van der Waals surface area contributed by atoms with Gasteiger partial charge in [0.2, 0.25) is 5.91 Å². The highest BCUT2D eigenvalue weighted by Gasteiger charge is 2.51. The van der Waals surface area contributed by atoms with Crippen LogP contribution in [-0.4, -0.2) is 140 Å². The minimum atomic E-state index is -1.79. The van der Waals surface area contributed by atoms with Crippen molar-refractivity contribution in [2.75, 3.05) is 19.8 Å². The second-order valence-electron chi connectivity index (χ2n) is 18.6. The zero-order valence-electron chi connectivity index (χ0n) is 40.5. The van der Waals surface area contributed by atoms with Crippen LogP contribution >= 0.6 is 0 Å². The van der Waals surface area contributed by atoms with Crippen molar-refractivity contribution in [1.29, 1.82) is 0 Å². The molecule has 0 bridgehead atoms. The lowest BCUT2D eigenvalue weighted by Crippen LogP contribution is -2.65. The van der Waals surface area contributed by atoms with Gasteiger partial charge in [0, 0.05) is 6.42 Å². The summed E-state index contributed by atoms with van der Waals surface area (Å²) in [5.74, 6) is -0.267. The van der Waals surface area contributed by atoms with Crippen molar-refractivity contribution in [2.24, 2.45) is 0 Å². The summed E-state index contributed by atoms with van der Waals surface area (Å²) in [6, 6.07) is -0.923. The molecule has 0 saturated carbocycles. The Bertz CT molecular complexity index is 1190. The highest BCUT2D eigenvalue weighted by atomic mass is 16.7. The molecular formula is C51H95NO13. The van der Waals surface area contributed by atoms with Gasteiger partial charge in [0.05, 0.1) is 32.0 Å². The van der Waals surface area contributed by atoms with Crippen molar-refractivity contribution in [2.45, 2.75) is 274 Å². The summed E-state index contributed by atoms with van der Waals surface area (Å²) in [5.41, 5.74) is 0. The summed E-state index contributed by atoms with van der Waals surface area (Å²) < 4.78 is 22.5. The van der Waals surface area contributed by atoms with Gasteiger partial charge in [-0.05, 0) is 32.1 Å². The van der Waals surface area contributed by atoms with E-state index < -0.39 is 86.8 Å². The smallest absolute Gasteiger partial charge is 0.220 e. The summed E-state index contributed by atoms with van der Waals surface area (Å²) in [4.78, 5) is 12.9. The second-order valence-corrected chi connectivity index (χ2v) is 18.6. The minimum Gasteiger partial charge on any atom is -0.394 e. The quantitative estimate of drug-likeness (QED) is 0.0225. The fourth-order valence-corrected chi connectivity index (χ4v) is 8.60. The van der Waals surface area contributed by atoms with E-state index in [1.165, 1.54) is 135 Å². The van der Waals surface area contributed by atoms with Crippen LogP contribution in [0.15, 0.2) is 24.3 Å². The van der Waals surface area contributed by atoms with Gasteiger partial charge in [-0.15, -0.1) is 0 Å². The van der Waals surface area contributed by atoms with Gasteiger partial charge in [-0.3, -0.25) is 4.79 Å². The van der Waals surface area contributed by atoms with E-state index in [1.54, 1.807) is 6.08 Å². The van der Waals surface area contributed by atoms with Crippen LogP contribution in [0.25, 0.3) is 0 Å². The average Bonchev–Trinajstić information content (AvgIpc) is 3.30. The average molecular weight is 930 g/mol. The maximum atomic E-state index is 12.9. The van der Waals surface area contributed by atoms with Gasteiger partial charge in [0.1, 0.15) is 48.8 Å². The van der Waals surface area contributed by atoms with E-state index in [1.807, 2.05) is 6.08 Å². The Morgan fingerprint density at radius 2 is 0.985 bits per heavy atom. The van der Waals surface area contributed by atoms with E-state index >= 15 is 0 Å². The zero-order chi connectivity index (χ0) is 47.5. The molecule has 2 aliphatic rings. The molecule has 0 radical (unpaired) electrons. The third-order valence-corrected chi connectivity index (χ3v) is 12.9. The monoisotopic (exact) mass is 930 g/mol. The first-order valence-electron chi connectivity index (χ1n) is 26.1. The predicted octanol–water partition coefficient (Wildman–Crippen LogP) is 6.94. The molecule has 65 heavy (non-hydrogen) atoms. The van der Waals surface area contributed by atoms with Crippen molar-refractivity contribution < 1.29 is 64.6 Å². The van der Waals surface area contributed by atoms with E-state index in [2.05, 4.69) is 31.3 Å². The Morgan fingerprint density at radius 3 is 1.51 bits per heavy atom. The van der Waals surface area contributed by atoms with Crippen LogP contribution in [0.1, 0.15) is 200 Å². The summed E-state index contributed by atoms with van der Waals surface area (Å²) in [6.07, 6.45) is 26.2. The van der Waals surface area contributed by atoms with Crippen molar-refractivity contribution in [3.63, 3.8) is 0 Å². The fourth-order valence-electron chi connectivity index (χ4n) is 8.60. The molecule has 14 heteroatoms. The van der Waals surface area contributed by atoms with Crippen LogP contribution in [0, 0.1) is 0 Å². The number of allylic oxidation sites excluding steroid dienone is 3. The molecule has 0 spiro atoms. The molecule has 2 fully saturated rings. The van der Waals surface area contributed by atoms with Gasteiger partial charge in [0.15, 0.2) is 12.6 Å². The van der Waals surface area contributed by atoms with Crippen LogP contribution in [0.4, 0.5) is 0 Å². The molecule has 9 N–H and O–H groups in total. The molecule has 0 aliphatic carbocycles. The Hall–Kier alpha value is -1.53. The number of hydrogen-bond donors (Lipinski definition) is 9. The number of hydrogen-bond acceptors (Lipinski definition) is 13. The van der Waals surface area contributed by atoms with Crippen LogP contribution in [-0.2, 0) is 23.7 Å². The van der Waals surface area contributed by atoms with E-state index in [-0.39, 0.29) is 18.9 Å². The molecule has 2 heterocycles. The van der Waals surface area contributed by atoms with Crippen molar-refractivity contribution >= 4 is 5.91 Å². The van der Waals surface area contributed by atoms with Gasteiger partial charge < -0.3 is 65.1 Å². The molecule has 12 atom stereocenters. The van der Waals surface area contributed by atoms with E-state index in [0.29, 0.717) is 12.8 Å². The molecule has 2 rings (SSSR count). The number of aliphatic hydroxyl groups excluding tert-OH is 8. The van der Waals surface area contributed by atoms with Crippen molar-refractivity contribution in [3.05, 3.63) is 24.3 Å². The van der Waals surface area contributed by atoms with E-state index in [9.17, 15) is 45.6 Å². The molecule has 2 saturated heterocycles. The maximum absolute atomic E-state index is 12.9. The molecule has 0 aromatic heterocycles. The summed E-state index contributed by atoms with van der Waals surface area (Å²) in [7, 11) is 0. The number of aliphatic hydroxyl groups is 8. The lowest BCUT2D eigenvalue weighted by Gasteiger charge is -2.46. The first-order chi connectivity index (χ1) is 31.6. The van der Waals surface area contributed by atoms with Crippen LogP contribution in [0.5, 0.6) is 0 Å². The zero-order valence-corrected chi connectivity index (χ0v) is 40.5. The van der Waals surface area contributed by atoms with Gasteiger partial charge >= 0.3 is 0 Å². The molecule has 1 amide bonds. The van der Waals surface area contributed by atoms with Gasteiger partial charge in [0.25, 0.3) is 0 Å². The number of unbranched alkanes of at least 4 members (excludes halogenated alkanes) is 25. The molecular weight excluding hydrogens is 835 g/mol. The van der Waals surface area contributed by atoms with Crippen LogP contribution in [0.3, 0.4) is 0 Å². The minimum absolute atomic E-state index is 0.266. The van der Waals surface area contributed by atoms with E-state index in [4.69, 9.17) is 18.9 Å². The van der Waals surface area contributed by atoms with E-state index in [0.717, 1.165) is 32.1 Å². The lowest BCUT2D eigenvalue weighted by molar-refractivity contribution is -0.359. The Labute approximate surface area is 392 Å². The fraction of sp³-hybridized carbons (Fsp3) is 0.902. The molecule has 0 aromatic carbocycles. The first kappa shape index (κ1) is 59.6. The molecule has 14 nitrogen and oxygen atoms in total. The maximum Gasteiger partial charge on any atom is 0.220 e. The highest BCUT2D eigenvalue weighted by molar-refractivity contribution is 5.76. The predicted molar refractivity (Wildman–Crippen MR) is 254 cm³/mol. The third-order valence-electron chi connectivity index (χ3n) is 12.9. The molecule has 382 valence electrons. The van der Waals surface area contributed by atoms with Crippen molar-refractivity contribution in [3.8, 4) is 0 Å². The lowest BCUT2D eigenvalue weighted by atomic mass is 9.97. The highest BCUT2D eigenvalue weighted by Crippen LogP contribution is 2.30. The number of nitrogens with one attached hydrogen (secondary N) is 1. The molecule has 12 unspecified atom stereocenters. The van der Waals surface area contributed by atoms with Crippen LogP contribution < -0.4 is 5.32 Å². The van der Waals surface area contributed by atoms with Crippen LogP contribution in [0.2, 0.25) is 0 Å². The molecule has 2 aliphatic heterocycles. The Balaban J connectivity index is 1.66. The first-order valence-corrected chi connectivity index (χ1v) is 26.1. The summed E-state index contributed by atoms with van der Waals surface area (Å²) >= 11 is 0. The normalized spacial score (nSPS) is 27.2. The SMILES string of the molecule is CCCCCCCCCCCCCCCCCCCCCCC/C=C/CC/C=C/C(O)C(COC1OC(CO)C(OC2OC(CO)C(O)C(O)C2O)C(O)C1O)NC(=O)CCCCCC. The summed E-state index contributed by atoms with van der Waals surface area (Å²) in [6.45, 7) is 2.63. The van der Waals surface area contributed by atoms with Gasteiger partial charge in [-0.2, -0.15) is 0 Å². The summed E-state index contributed by atoms with van der Waals surface area (Å²) in [5, 5.41) is 86.2. The number of carbonyl (C=O) groups excluding carboxylic acids is 1. The van der Waals surface area contributed by atoms with Gasteiger partial charge in [-0.25, -0.2) is 0 Å². The third kappa shape index (κ3) is 25.6.